The van der Waals surface area contributed by atoms with Gasteiger partial charge in [0.25, 0.3) is 0 Å². The van der Waals surface area contributed by atoms with E-state index in [-0.39, 0.29) is 12.5 Å². The summed E-state index contributed by atoms with van der Waals surface area (Å²) in [6.45, 7) is 3.67. The molecule has 28 heavy (non-hydrogen) atoms. The molecule has 0 aromatic heterocycles. The SMILES string of the molecule is Cc1ccc([C@H](C)N2CC[C@](CC(=O)CO)(c3ccc(F)cc3)OC2=O)cc1. The molecule has 1 fully saturated rings. The molecule has 1 aliphatic rings. The number of cyclic esters (lactones) is 1. The summed E-state index contributed by atoms with van der Waals surface area (Å²) >= 11 is 0. The second-order valence-electron chi connectivity index (χ2n) is 7.27. The maximum atomic E-state index is 13.3. The minimum Gasteiger partial charge on any atom is -0.437 e. The van der Waals surface area contributed by atoms with E-state index in [1.54, 1.807) is 4.90 Å². The molecule has 1 saturated heterocycles. The van der Waals surface area contributed by atoms with Crippen molar-refractivity contribution < 1.29 is 23.8 Å². The van der Waals surface area contributed by atoms with Gasteiger partial charge < -0.3 is 14.7 Å². The molecule has 1 N–H and O–H groups in total. The van der Waals surface area contributed by atoms with Gasteiger partial charge in [-0.25, -0.2) is 9.18 Å². The third-order valence-electron chi connectivity index (χ3n) is 5.33. The lowest BCUT2D eigenvalue weighted by molar-refractivity contribution is -0.131. The van der Waals surface area contributed by atoms with Crippen molar-refractivity contribution in [2.45, 2.75) is 38.3 Å². The number of amides is 1. The Morgan fingerprint density at radius 2 is 1.86 bits per heavy atom. The Hall–Kier alpha value is -2.73. The summed E-state index contributed by atoms with van der Waals surface area (Å²) < 4.78 is 19.1. The predicted octanol–water partition coefficient (Wildman–Crippen LogP) is 3.88. The summed E-state index contributed by atoms with van der Waals surface area (Å²) in [6.07, 6.45) is -0.311. The summed E-state index contributed by atoms with van der Waals surface area (Å²) in [7, 11) is 0. The summed E-state index contributed by atoms with van der Waals surface area (Å²) in [5.41, 5.74) is 1.47. The average Bonchev–Trinajstić information content (AvgIpc) is 2.68. The molecule has 1 aliphatic heterocycles. The number of benzene rings is 2. The normalized spacial score (nSPS) is 20.6. The molecule has 0 aliphatic carbocycles. The summed E-state index contributed by atoms with van der Waals surface area (Å²) in [6, 6.07) is 13.3. The Kier molecular flexibility index (Phi) is 5.79. The van der Waals surface area contributed by atoms with E-state index in [9.17, 15) is 19.1 Å². The fourth-order valence-corrected chi connectivity index (χ4v) is 3.60. The lowest BCUT2D eigenvalue weighted by Gasteiger charge is -2.43. The largest absolute Gasteiger partial charge is 0.437 e. The van der Waals surface area contributed by atoms with E-state index in [4.69, 9.17) is 4.74 Å². The molecular weight excluding hydrogens is 361 g/mol. The van der Waals surface area contributed by atoms with Crippen molar-refractivity contribution in [3.8, 4) is 0 Å². The first-order valence-electron chi connectivity index (χ1n) is 9.29. The number of carbonyl (C=O) groups excluding carboxylic acids is 2. The second-order valence-corrected chi connectivity index (χ2v) is 7.27. The quantitative estimate of drug-likeness (QED) is 0.819. The monoisotopic (exact) mass is 385 g/mol. The Bertz CT molecular complexity index is 850. The molecule has 148 valence electrons. The lowest BCUT2D eigenvalue weighted by Crippen LogP contribution is -2.49. The molecule has 0 spiro atoms. The van der Waals surface area contributed by atoms with E-state index < -0.39 is 29.9 Å². The van der Waals surface area contributed by atoms with Crippen LogP contribution in [0.4, 0.5) is 9.18 Å². The van der Waals surface area contributed by atoms with Crippen molar-refractivity contribution in [2.24, 2.45) is 0 Å². The molecule has 3 rings (SSSR count). The molecule has 0 radical (unpaired) electrons. The minimum absolute atomic E-state index is 0.145. The number of hydrogen-bond donors (Lipinski definition) is 1. The van der Waals surface area contributed by atoms with E-state index in [2.05, 4.69) is 0 Å². The number of halogens is 1. The van der Waals surface area contributed by atoms with Crippen LogP contribution in [-0.4, -0.2) is 35.0 Å². The highest BCUT2D eigenvalue weighted by Crippen LogP contribution is 2.39. The van der Waals surface area contributed by atoms with Gasteiger partial charge in [0.05, 0.1) is 12.5 Å². The Labute approximate surface area is 163 Å². The number of carbonyl (C=O) groups is 2. The van der Waals surface area contributed by atoms with Gasteiger partial charge >= 0.3 is 6.09 Å². The average molecular weight is 385 g/mol. The van der Waals surface area contributed by atoms with Crippen LogP contribution in [0.2, 0.25) is 0 Å². The van der Waals surface area contributed by atoms with Gasteiger partial charge in [-0.15, -0.1) is 0 Å². The topological polar surface area (TPSA) is 66.8 Å². The van der Waals surface area contributed by atoms with Crippen LogP contribution in [-0.2, 0) is 15.1 Å². The predicted molar refractivity (Wildman–Crippen MR) is 102 cm³/mol. The van der Waals surface area contributed by atoms with Gasteiger partial charge in [0.15, 0.2) is 5.78 Å². The lowest BCUT2D eigenvalue weighted by atomic mass is 9.84. The van der Waals surface area contributed by atoms with Crippen LogP contribution in [0, 0.1) is 12.7 Å². The third kappa shape index (κ3) is 4.07. The maximum absolute atomic E-state index is 13.3. The van der Waals surface area contributed by atoms with E-state index in [0.717, 1.165) is 11.1 Å². The molecule has 2 aromatic rings. The highest BCUT2D eigenvalue weighted by Gasteiger charge is 2.44. The standard InChI is InChI=1S/C22H24FNO4/c1-15-3-5-17(6-4-15)16(2)24-12-11-22(28-21(24)27,13-20(26)14-25)18-7-9-19(23)10-8-18/h3-10,16,25H,11-14H2,1-2H3/t16-,22-/m0/s1. The van der Waals surface area contributed by atoms with Gasteiger partial charge in [0.1, 0.15) is 18.0 Å². The van der Waals surface area contributed by atoms with Gasteiger partial charge in [-0.2, -0.15) is 0 Å². The highest BCUT2D eigenvalue weighted by atomic mass is 19.1. The Balaban J connectivity index is 1.85. The number of ether oxygens (including phenoxy) is 1. The summed E-state index contributed by atoms with van der Waals surface area (Å²) in [4.78, 5) is 26.5. The zero-order valence-corrected chi connectivity index (χ0v) is 16.0. The molecule has 2 atom stereocenters. The number of aryl methyl sites for hydroxylation is 1. The van der Waals surface area contributed by atoms with Crippen LogP contribution in [0.25, 0.3) is 0 Å². The third-order valence-corrected chi connectivity index (χ3v) is 5.33. The van der Waals surface area contributed by atoms with E-state index >= 15 is 0 Å². The zero-order chi connectivity index (χ0) is 20.3. The number of aliphatic hydroxyl groups is 1. The molecule has 1 amide bonds. The van der Waals surface area contributed by atoms with Crippen LogP contribution >= 0.6 is 0 Å². The van der Waals surface area contributed by atoms with Crippen LogP contribution in [0.3, 0.4) is 0 Å². The number of nitrogens with zero attached hydrogens (tertiary/aromatic N) is 1. The molecule has 2 aromatic carbocycles. The summed E-state index contributed by atoms with van der Waals surface area (Å²) in [5, 5.41) is 9.19. The number of ketones is 1. The van der Waals surface area contributed by atoms with E-state index in [1.165, 1.54) is 24.3 Å². The molecule has 1 heterocycles. The fourth-order valence-electron chi connectivity index (χ4n) is 3.60. The molecule has 0 unspecified atom stereocenters. The molecule has 0 bridgehead atoms. The van der Waals surface area contributed by atoms with Crippen molar-refractivity contribution in [3.63, 3.8) is 0 Å². The molecule has 5 nitrogen and oxygen atoms in total. The first-order chi connectivity index (χ1) is 13.3. The van der Waals surface area contributed by atoms with E-state index in [1.807, 2.05) is 38.1 Å². The molecule has 0 saturated carbocycles. The highest BCUT2D eigenvalue weighted by molar-refractivity contribution is 5.81. The first-order valence-corrected chi connectivity index (χ1v) is 9.29. The fraction of sp³-hybridized carbons (Fsp3) is 0.364. The number of Topliss-reactive ketones (excluding diaryl/α,β-unsaturated/α-hetero) is 1. The van der Waals surface area contributed by atoms with Gasteiger partial charge in [0, 0.05) is 13.0 Å². The number of aliphatic hydroxyl groups excluding tert-OH is 1. The van der Waals surface area contributed by atoms with Crippen LogP contribution < -0.4 is 0 Å². The van der Waals surface area contributed by atoms with E-state index in [0.29, 0.717) is 18.5 Å². The van der Waals surface area contributed by atoms with Gasteiger partial charge in [-0.05, 0) is 37.1 Å². The Morgan fingerprint density at radius 1 is 1.21 bits per heavy atom. The first kappa shape index (κ1) is 20.0. The van der Waals surface area contributed by atoms with Crippen molar-refractivity contribution in [2.75, 3.05) is 13.2 Å². The molecule has 6 heteroatoms. The van der Waals surface area contributed by atoms with Crippen LogP contribution in [0.15, 0.2) is 48.5 Å². The van der Waals surface area contributed by atoms with Crippen LogP contribution in [0.1, 0.15) is 42.5 Å². The van der Waals surface area contributed by atoms with Gasteiger partial charge in [0.2, 0.25) is 0 Å². The van der Waals surface area contributed by atoms with Crippen molar-refractivity contribution >= 4 is 11.9 Å². The zero-order valence-electron chi connectivity index (χ0n) is 16.0. The van der Waals surface area contributed by atoms with Gasteiger partial charge in [-0.3, -0.25) is 4.79 Å². The van der Waals surface area contributed by atoms with Gasteiger partial charge in [-0.1, -0.05) is 42.0 Å². The number of rotatable bonds is 6. The smallest absolute Gasteiger partial charge is 0.411 e. The minimum atomic E-state index is -1.20. The molecular formula is C22H24FNO4. The number of hydrogen-bond acceptors (Lipinski definition) is 4. The maximum Gasteiger partial charge on any atom is 0.411 e. The van der Waals surface area contributed by atoms with Crippen molar-refractivity contribution in [3.05, 3.63) is 71.0 Å². The van der Waals surface area contributed by atoms with Crippen LogP contribution in [0.5, 0.6) is 0 Å². The van der Waals surface area contributed by atoms with Crippen molar-refractivity contribution in [1.29, 1.82) is 0 Å². The Morgan fingerprint density at radius 3 is 2.43 bits per heavy atom. The summed E-state index contributed by atoms with van der Waals surface area (Å²) in [5.74, 6) is -0.846. The van der Waals surface area contributed by atoms with Crippen molar-refractivity contribution in [1.82, 2.24) is 4.90 Å². The second kappa shape index (κ2) is 8.10.